The molecule has 5 rings (SSSR count). The van der Waals surface area contributed by atoms with E-state index < -0.39 is 12.1 Å². The van der Waals surface area contributed by atoms with Gasteiger partial charge in [-0.1, -0.05) is 23.7 Å². The van der Waals surface area contributed by atoms with Crippen molar-refractivity contribution in [3.63, 3.8) is 0 Å². The highest BCUT2D eigenvalue weighted by atomic mass is 35.5. The van der Waals surface area contributed by atoms with Gasteiger partial charge in [0.25, 0.3) is 5.91 Å². The first-order valence-corrected chi connectivity index (χ1v) is 13.4. The molecule has 1 aromatic heterocycles. The first-order chi connectivity index (χ1) is 19.5. The fraction of sp³-hybridized carbons (Fsp3) is 0.222. The van der Waals surface area contributed by atoms with E-state index in [0.717, 1.165) is 42.4 Å². The lowest BCUT2D eigenvalue weighted by Crippen LogP contribution is -2.34. The number of thioether (sulfide) groups is 1. The summed E-state index contributed by atoms with van der Waals surface area (Å²) in [5, 5.41) is 18.4. The molecule has 4 N–H and O–H groups in total. The Bertz CT molecular complexity index is 1540. The number of aromatic nitrogens is 1. The van der Waals surface area contributed by atoms with Gasteiger partial charge >= 0.3 is 12.1 Å². The van der Waals surface area contributed by atoms with Gasteiger partial charge in [-0.15, -0.1) is 0 Å². The van der Waals surface area contributed by atoms with E-state index in [0.29, 0.717) is 26.5 Å². The number of carbonyl (C=O) groups is 3. The Morgan fingerprint density at radius 1 is 1.12 bits per heavy atom. The van der Waals surface area contributed by atoms with Gasteiger partial charge in [-0.05, 0) is 85.7 Å². The third kappa shape index (κ3) is 8.28. The van der Waals surface area contributed by atoms with E-state index in [-0.39, 0.29) is 17.7 Å². The monoisotopic (exact) mass is 605 g/mol. The number of hydrogen-bond acceptors (Lipinski definition) is 7. The highest BCUT2D eigenvalue weighted by Gasteiger charge is 2.38. The molecule has 0 radical (unpaired) electrons. The van der Waals surface area contributed by atoms with Gasteiger partial charge in [0.15, 0.2) is 5.17 Å². The van der Waals surface area contributed by atoms with Gasteiger partial charge in [-0.3, -0.25) is 14.6 Å². The summed E-state index contributed by atoms with van der Waals surface area (Å²) in [6.07, 6.45) is 0.127. The van der Waals surface area contributed by atoms with Crippen LogP contribution in [-0.2, 0) is 14.4 Å². The number of fused-ring (bicyclic) bond motifs is 1. The van der Waals surface area contributed by atoms with Crippen molar-refractivity contribution in [1.29, 1.82) is 0 Å². The van der Waals surface area contributed by atoms with Crippen molar-refractivity contribution in [2.24, 2.45) is 10.9 Å². The second kappa shape index (κ2) is 13.1. The van der Waals surface area contributed by atoms with Crippen molar-refractivity contribution in [3.05, 3.63) is 70.2 Å². The van der Waals surface area contributed by atoms with Gasteiger partial charge < -0.3 is 21.1 Å². The van der Waals surface area contributed by atoms with Gasteiger partial charge in [0.05, 0.1) is 21.1 Å². The first kappa shape index (κ1) is 30.0. The van der Waals surface area contributed by atoms with Crippen LogP contribution in [0.3, 0.4) is 0 Å². The average Bonchev–Trinajstić information content (AvgIpc) is 3.28. The van der Waals surface area contributed by atoms with E-state index in [1.807, 2.05) is 36.4 Å². The number of benzene rings is 2. The van der Waals surface area contributed by atoms with Crippen LogP contribution in [0.15, 0.2) is 64.6 Å². The molecule has 0 unspecified atom stereocenters. The van der Waals surface area contributed by atoms with Crippen molar-refractivity contribution in [2.45, 2.75) is 19.0 Å². The standard InChI is InChI=1S/C25H22ClN5O2S.C2HF3O2/c26-19-5-4-18(29-23(32)16-7-10-27-11-8-16)14-21(19)30-25-31-24(33)22(34-25)13-15-3-6-20-17(12-15)2-1-9-28-20;3-2(4,5)1(6)7/h1-6,9,12-14,16,27H,7-8,10-11H2,(H,29,32)(H,30,31,33);(H,6,7). The number of halogens is 4. The maximum absolute atomic E-state index is 12.6. The van der Waals surface area contributed by atoms with Gasteiger partial charge in [0.1, 0.15) is 0 Å². The number of hydrogen-bond donors (Lipinski definition) is 4. The summed E-state index contributed by atoms with van der Waals surface area (Å²) in [6.45, 7) is 1.70. The molecule has 3 heterocycles. The van der Waals surface area contributed by atoms with Gasteiger partial charge in [0.2, 0.25) is 5.91 Å². The van der Waals surface area contributed by atoms with E-state index in [2.05, 4.69) is 25.9 Å². The Labute approximate surface area is 241 Å². The lowest BCUT2D eigenvalue weighted by Gasteiger charge is -2.22. The number of pyridine rings is 1. The minimum atomic E-state index is -5.08. The fourth-order valence-electron chi connectivity index (χ4n) is 3.94. The molecule has 0 spiro atoms. The van der Waals surface area contributed by atoms with Crippen molar-refractivity contribution >= 4 is 74.7 Å². The van der Waals surface area contributed by atoms with Crippen LogP contribution in [0.1, 0.15) is 18.4 Å². The first-order valence-electron chi connectivity index (χ1n) is 12.3. The summed E-state index contributed by atoms with van der Waals surface area (Å²) in [6, 6.07) is 14.9. The highest BCUT2D eigenvalue weighted by molar-refractivity contribution is 8.18. The molecule has 41 heavy (non-hydrogen) atoms. The molecule has 2 aliphatic heterocycles. The number of aliphatic carboxylic acids is 1. The van der Waals surface area contributed by atoms with Crippen molar-refractivity contribution < 1.29 is 32.7 Å². The SMILES string of the molecule is O=C(O)C(F)(F)F.O=C1N=C(Nc2cc(NC(=O)C3CCNCC3)ccc2Cl)SC1=Cc1ccc2ncccc2c1. The molecular formula is C27H23ClF3N5O4S. The second-order valence-corrected chi connectivity index (χ2v) is 10.4. The molecule has 0 saturated carbocycles. The predicted molar refractivity (Wildman–Crippen MR) is 153 cm³/mol. The van der Waals surface area contributed by atoms with Crippen LogP contribution in [0.25, 0.3) is 17.0 Å². The number of nitrogens with zero attached hydrogens (tertiary/aromatic N) is 2. The summed E-state index contributed by atoms with van der Waals surface area (Å²) >= 11 is 7.61. The molecule has 1 fully saturated rings. The van der Waals surface area contributed by atoms with E-state index in [1.165, 1.54) is 11.8 Å². The van der Waals surface area contributed by atoms with E-state index in [4.69, 9.17) is 21.5 Å². The second-order valence-electron chi connectivity index (χ2n) is 8.92. The number of piperidine rings is 1. The number of amides is 2. The molecule has 2 aliphatic rings. The van der Waals surface area contributed by atoms with Crippen LogP contribution < -0.4 is 16.0 Å². The van der Waals surface area contributed by atoms with Gasteiger partial charge in [-0.2, -0.15) is 18.2 Å². The minimum absolute atomic E-state index is 0.000644. The molecule has 0 atom stereocenters. The topological polar surface area (TPSA) is 133 Å². The Morgan fingerprint density at radius 3 is 2.56 bits per heavy atom. The van der Waals surface area contributed by atoms with Crippen LogP contribution in [0.5, 0.6) is 0 Å². The average molecular weight is 606 g/mol. The Kier molecular flexibility index (Phi) is 9.63. The number of nitrogens with one attached hydrogen (secondary N) is 3. The molecule has 214 valence electrons. The lowest BCUT2D eigenvalue weighted by atomic mass is 9.97. The zero-order chi connectivity index (χ0) is 29.6. The third-order valence-electron chi connectivity index (χ3n) is 5.97. The van der Waals surface area contributed by atoms with E-state index >= 15 is 0 Å². The van der Waals surface area contributed by atoms with Crippen molar-refractivity contribution in [3.8, 4) is 0 Å². The number of aliphatic imine (C=N–C) groups is 1. The molecule has 0 aliphatic carbocycles. The summed E-state index contributed by atoms with van der Waals surface area (Å²) in [5.74, 6) is -3.06. The Morgan fingerprint density at radius 2 is 1.85 bits per heavy atom. The van der Waals surface area contributed by atoms with E-state index in [1.54, 1.807) is 24.4 Å². The number of carboxylic acid groups (broad SMARTS) is 1. The number of anilines is 2. The molecule has 14 heteroatoms. The molecule has 2 amide bonds. The summed E-state index contributed by atoms with van der Waals surface area (Å²) in [5.41, 5.74) is 3.01. The molecule has 9 nitrogen and oxygen atoms in total. The molecular weight excluding hydrogens is 583 g/mol. The van der Waals surface area contributed by atoms with E-state index in [9.17, 15) is 22.8 Å². The molecule has 0 bridgehead atoms. The maximum Gasteiger partial charge on any atom is 0.490 e. The smallest absolute Gasteiger partial charge is 0.475 e. The number of alkyl halides is 3. The largest absolute Gasteiger partial charge is 0.490 e. The van der Waals surface area contributed by atoms with Gasteiger partial charge in [0, 0.05) is 23.2 Å². The Balaban J connectivity index is 0.000000493. The fourth-order valence-corrected chi connectivity index (χ4v) is 4.93. The van der Waals surface area contributed by atoms with Crippen LogP contribution in [-0.4, -0.2) is 52.3 Å². The lowest BCUT2D eigenvalue weighted by molar-refractivity contribution is -0.192. The predicted octanol–water partition coefficient (Wildman–Crippen LogP) is 5.54. The zero-order valence-electron chi connectivity index (χ0n) is 21.2. The van der Waals surface area contributed by atoms with Crippen LogP contribution in [0.4, 0.5) is 24.5 Å². The molecule has 1 saturated heterocycles. The minimum Gasteiger partial charge on any atom is -0.475 e. The van der Waals surface area contributed by atoms with Crippen LogP contribution in [0, 0.1) is 5.92 Å². The molecule has 2 aromatic carbocycles. The highest BCUT2D eigenvalue weighted by Crippen LogP contribution is 2.33. The normalized spacial score (nSPS) is 16.6. The Hall–Kier alpha value is -3.94. The summed E-state index contributed by atoms with van der Waals surface area (Å²) < 4.78 is 31.7. The quantitative estimate of drug-likeness (QED) is 0.285. The summed E-state index contributed by atoms with van der Waals surface area (Å²) in [7, 11) is 0. The number of amidine groups is 1. The third-order valence-corrected chi connectivity index (χ3v) is 7.20. The molecule has 3 aromatic rings. The van der Waals surface area contributed by atoms with Crippen LogP contribution >= 0.6 is 23.4 Å². The van der Waals surface area contributed by atoms with Gasteiger partial charge in [-0.25, -0.2) is 4.79 Å². The van der Waals surface area contributed by atoms with Crippen LogP contribution in [0.2, 0.25) is 5.02 Å². The number of carboxylic acids is 1. The van der Waals surface area contributed by atoms with Crippen molar-refractivity contribution in [2.75, 3.05) is 23.7 Å². The zero-order valence-corrected chi connectivity index (χ0v) is 22.7. The maximum atomic E-state index is 12.6. The summed E-state index contributed by atoms with van der Waals surface area (Å²) in [4.78, 5) is 42.9. The number of carbonyl (C=O) groups excluding carboxylic acids is 2. The van der Waals surface area contributed by atoms with Crippen molar-refractivity contribution in [1.82, 2.24) is 10.3 Å². The number of rotatable bonds is 4.